The molecule has 0 spiro atoms. The second-order valence-electron chi connectivity index (χ2n) is 7.28. The molecule has 0 aliphatic heterocycles. The third-order valence-corrected chi connectivity index (χ3v) is 5.40. The number of benzene rings is 1. The Kier molecular flexibility index (Phi) is 4.27. The molecule has 5 rings (SSSR count). The first-order chi connectivity index (χ1) is 14.2. The molecule has 1 aliphatic rings. The highest BCUT2D eigenvalue weighted by molar-refractivity contribution is 5.93. The summed E-state index contributed by atoms with van der Waals surface area (Å²) >= 11 is 0. The molecule has 1 aliphatic carbocycles. The van der Waals surface area contributed by atoms with Crippen molar-refractivity contribution >= 4 is 39.5 Å². The zero-order valence-corrected chi connectivity index (χ0v) is 16.0. The van der Waals surface area contributed by atoms with Crippen molar-refractivity contribution in [2.24, 2.45) is 0 Å². The van der Waals surface area contributed by atoms with Crippen molar-refractivity contribution in [1.29, 1.82) is 0 Å². The van der Waals surface area contributed by atoms with Crippen molar-refractivity contribution in [2.45, 2.75) is 31.8 Å². The number of nitrogens with one attached hydrogen (secondary N) is 1. The molecule has 1 fully saturated rings. The van der Waals surface area contributed by atoms with E-state index in [2.05, 4.69) is 30.3 Å². The van der Waals surface area contributed by atoms with Crippen LogP contribution in [0.4, 0.5) is 11.5 Å². The van der Waals surface area contributed by atoms with Crippen molar-refractivity contribution < 1.29 is 4.79 Å². The van der Waals surface area contributed by atoms with E-state index < -0.39 is 0 Å². The molecule has 3 aromatic heterocycles. The lowest BCUT2D eigenvalue weighted by Crippen LogP contribution is -2.37. The van der Waals surface area contributed by atoms with E-state index in [-0.39, 0.29) is 12.5 Å². The molecule has 1 N–H and O–H groups in total. The Balaban J connectivity index is 1.35. The van der Waals surface area contributed by atoms with Crippen LogP contribution in [0.25, 0.3) is 22.1 Å². The van der Waals surface area contributed by atoms with E-state index in [1.54, 1.807) is 23.3 Å². The molecule has 3 heterocycles. The van der Waals surface area contributed by atoms with Crippen molar-refractivity contribution in [3.63, 3.8) is 0 Å². The zero-order chi connectivity index (χ0) is 19.8. The minimum Gasteiger partial charge on any atom is -0.355 e. The zero-order valence-electron chi connectivity index (χ0n) is 16.0. The van der Waals surface area contributed by atoms with Gasteiger partial charge in [-0.1, -0.05) is 0 Å². The van der Waals surface area contributed by atoms with Gasteiger partial charge in [-0.3, -0.25) is 4.79 Å². The van der Waals surface area contributed by atoms with Gasteiger partial charge in [0, 0.05) is 30.4 Å². The van der Waals surface area contributed by atoms with Gasteiger partial charge in [0.05, 0.1) is 17.9 Å². The van der Waals surface area contributed by atoms with E-state index in [4.69, 9.17) is 4.98 Å². The molecule has 1 aromatic carbocycles. The van der Waals surface area contributed by atoms with Crippen LogP contribution >= 0.6 is 0 Å². The number of anilines is 2. The van der Waals surface area contributed by atoms with Gasteiger partial charge in [0.25, 0.3) is 0 Å². The second-order valence-corrected chi connectivity index (χ2v) is 7.28. The third kappa shape index (κ3) is 3.35. The number of nitrogens with zero attached hydrogens (tertiary/aromatic N) is 7. The van der Waals surface area contributed by atoms with Crippen molar-refractivity contribution in [2.75, 3.05) is 17.3 Å². The summed E-state index contributed by atoms with van der Waals surface area (Å²) < 4.78 is 1.58. The summed E-state index contributed by atoms with van der Waals surface area (Å²) in [6.45, 7) is 0.0537. The summed E-state index contributed by atoms with van der Waals surface area (Å²) in [5.41, 5.74) is 2.79. The first kappa shape index (κ1) is 17.5. The number of hydrogen-bond donors (Lipinski definition) is 1. The van der Waals surface area contributed by atoms with Gasteiger partial charge in [-0.05, 0) is 37.5 Å². The minimum absolute atomic E-state index is 0.0537. The van der Waals surface area contributed by atoms with Crippen LogP contribution in [0.2, 0.25) is 0 Å². The minimum atomic E-state index is -0.189. The van der Waals surface area contributed by atoms with Crippen molar-refractivity contribution in [3.8, 4) is 0 Å². The molecule has 29 heavy (non-hydrogen) atoms. The van der Waals surface area contributed by atoms with Gasteiger partial charge in [0.1, 0.15) is 24.2 Å². The lowest BCUT2D eigenvalue weighted by atomic mass is 9.92. The second kappa shape index (κ2) is 7.08. The average molecular weight is 388 g/mol. The fraction of sp³-hybridized carbons (Fsp3) is 0.300. The SMILES string of the molecule is CN(c1cnc2cnn(CC(=O)Nc3ccc4ncncc4c3)c2n1)C1CCC1. The Morgan fingerprint density at radius 2 is 2.10 bits per heavy atom. The van der Waals surface area contributed by atoms with Crippen LogP contribution in [0, 0.1) is 0 Å². The van der Waals surface area contributed by atoms with E-state index in [0.717, 1.165) is 16.7 Å². The number of carbonyl (C=O) groups is 1. The summed E-state index contributed by atoms with van der Waals surface area (Å²) in [5.74, 6) is 0.615. The Bertz CT molecular complexity index is 1200. The van der Waals surface area contributed by atoms with Crippen molar-refractivity contribution in [3.05, 3.63) is 43.1 Å². The number of fused-ring (bicyclic) bond motifs is 2. The van der Waals surface area contributed by atoms with E-state index in [1.807, 2.05) is 25.2 Å². The summed E-state index contributed by atoms with van der Waals surface area (Å²) in [7, 11) is 2.04. The first-order valence-corrected chi connectivity index (χ1v) is 9.58. The van der Waals surface area contributed by atoms with E-state index in [9.17, 15) is 4.79 Å². The topological polar surface area (TPSA) is 102 Å². The molecular formula is C20H20N8O. The molecule has 1 saturated carbocycles. The highest BCUT2D eigenvalue weighted by Crippen LogP contribution is 2.27. The predicted octanol–water partition coefficient (Wildman–Crippen LogP) is 2.40. The number of amides is 1. The maximum absolute atomic E-state index is 12.6. The Morgan fingerprint density at radius 1 is 1.21 bits per heavy atom. The molecule has 4 aromatic rings. The van der Waals surface area contributed by atoms with Crippen molar-refractivity contribution in [1.82, 2.24) is 29.7 Å². The van der Waals surface area contributed by atoms with Crippen LogP contribution in [0.1, 0.15) is 19.3 Å². The van der Waals surface area contributed by atoms with Gasteiger partial charge in [0.2, 0.25) is 5.91 Å². The Hall–Kier alpha value is -3.62. The van der Waals surface area contributed by atoms with E-state index in [1.165, 1.54) is 25.6 Å². The third-order valence-electron chi connectivity index (χ3n) is 5.40. The lowest BCUT2D eigenvalue weighted by Gasteiger charge is -2.35. The summed E-state index contributed by atoms with van der Waals surface area (Å²) in [6, 6.07) is 6.03. The van der Waals surface area contributed by atoms with Gasteiger partial charge in [-0.15, -0.1) is 0 Å². The molecule has 0 unspecified atom stereocenters. The van der Waals surface area contributed by atoms with E-state index in [0.29, 0.717) is 22.9 Å². The predicted molar refractivity (Wildman–Crippen MR) is 110 cm³/mol. The van der Waals surface area contributed by atoms with Crippen LogP contribution in [-0.4, -0.2) is 48.7 Å². The molecule has 146 valence electrons. The standard InChI is InChI=1S/C20H20N8O/c1-27(15-3-2-4-15)18-10-22-17-9-24-28(20(17)26-18)11-19(29)25-14-5-6-16-13(7-14)8-21-12-23-16/h5-10,12,15H,2-4,11H2,1H3,(H,25,29). The number of aromatic nitrogens is 6. The highest BCUT2D eigenvalue weighted by atomic mass is 16.2. The average Bonchev–Trinajstić information content (AvgIpc) is 3.08. The van der Waals surface area contributed by atoms with Crippen LogP contribution < -0.4 is 10.2 Å². The molecular weight excluding hydrogens is 368 g/mol. The normalized spacial score (nSPS) is 14.1. The van der Waals surface area contributed by atoms with Gasteiger partial charge in [0.15, 0.2) is 5.65 Å². The Labute approximate surface area is 166 Å². The fourth-order valence-corrected chi connectivity index (χ4v) is 3.49. The maximum atomic E-state index is 12.6. The smallest absolute Gasteiger partial charge is 0.246 e. The molecule has 9 nitrogen and oxygen atoms in total. The Morgan fingerprint density at radius 3 is 2.93 bits per heavy atom. The summed E-state index contributed by atoms with van der Waals surface area (Å²) in [5, 5.41) is 8.06. The molecule has 0 radical (unpaired) electrons. The quantitative estimate of drug-likeness (QED) is 0.560. The monoisotopic (exact) mass is 388 g/mol. The number of carbonyl (C=O) groups excluding carboxylic acids is 1. The highest BCUT2D eigenvalue weighted by Gasteiger charge is 2.23. The molecule has 0 atom stereocenters. The summed E-state index contributed by atoms with van der Waals surface area (Å²) in [4.78, 5) is 32.1. The number of rotatable bonds is 5. The first-order valence-electron chi connectivity index (χ1n) is 9.58. The van der Waals surface area contributed by atoms with E-state index >= 15 is 0 Å². The lowest BCUT2D eigenvalue weighted by molar-refractivity contribution is -0.116. The number of hydrogen-bond acceptors (Lipinski definition) is 7. The van der Waals surface area contributed by atoms with Crippen LogP contribution in [0.3, 0.4) is 0 Å². The summed E-state index contributed by atoms with van der Waals surface area (Å²) in [6.07, 6.45) is 10.2. The molecule has 1 amide bonds. The van der Waals surface area contributed by atoms with Crippen LogP contribution in [0.5, 0.6) is 0 Å². The van der Waals surface area contributed by atoms with Crippen LogP contribution in [0.15, 0.2) is 43.1 Å². The van der Waals surface area contributed by atoms with Gasteiger partial charge in [-0.25, -0.2) is 24.6 Å². The largest absolute Gasteiger partial charge is 0.355 e. The van der Waals surface area contributed by atoms with Gasteiger partial charge < -0.3 is 10.2 Å². The molecule has 9 heteroatoms. The molecule has 0 bridgehead atoms. The fourth-order valence-electron chi connectivity index (χ4n) is 3.49. The molecule has 0 saturated heterocycles. The van der Waals surface area contributed by atoms with Gasteiger partial charge >= 0.3 is 0 Å². The van der Waals surface area contributed by atoms with Crippen LogP contribution in [-0.2, 0) is 11.3 Å². The van der Waals surface area contributed by atoms with Gasteiger partial charge in [-0.2, -0.15) is 5.10 Å². The maximum Gasteiger partial charge on any atom is 0.246 e.